The standard InChI is InChI=1S/C22H25N3O4/c1-22(2,3)29-21(27)24-10-15(11-24)13-28-20-8-17(12-25-14-23-9-19(20)25)16-4-6-18(26)7-5-16/h4-9,12,14-15,26H,10-11,13H2,1-3H3. The number of carbonyl (C=O) groups is 1. The molecule has 7 nitrogen and oxygen atoms in total. The number of phenols is 1. The first-order valence-electron chi connectivity index (χ1n) is 9.64. The number of phenolic OH excluding ortho intramolecular Hbond substituents is 1. The van der Waals surface area contributed by atoms with Crippen LogP contribution in [0.15, 0.2) is 49.1 Å². The highest BCUT2D eigenvalue weighted by Gasteiger charge is 2.34. The first-order chi connectivity index (χ1) is 13.8. The van der Waals surface area contributed by atoms with Crippen LogP contribution < -0.4 is 4.74 Å². The van der Waals surface area contributed by atoms with E-state index in [0.29, 0.717) is 19.7 Å². The van der Waals surface area contributed by atoms with Crippen molar-refractivity contribution in [1.29, 1.82) is 0 Å². The van der Waals surface area contributed by atoms with Crippen LogP contribution in [0.5, 0.6) is 11.5 Å². The minimum absolute atomic E-state index is 0.230. The Kier molecular flexibility index (Phi) is 4.82. The molecule has 1 fully saturated rings. The third-order valence-electron chi connectivity index (χ3n) is 4.77. The lowest BCUT2D eigenvalue weighted by Gasteiger charge is -2.39. The fourth-order valence-corrected chi connectivity index (χ4v) is 3.29. The summed E-state index contributed by atoms with van der Waals surface area (Å²) in [5.74, 6) is 1.24. The Morgan fingerprint density at radius 3 is 2.62 bits per heavy atom. The summed E-state index contributed by atoms with van der Waals surface area (Å²) in [6.07, 6.45) is 5.21. The van der Waals surface area contributed by atoms with E-state index >= 15 is 0 Å². The van der Waals surface area contributed by atoms with Crippen LogP contribution in [0.4, 0.5) is 4.79 Å². The molecule has 0 saturated carbocycles. The molecule has 2 aromatic heterocycles. The number of fused-ring (bicyclic) bond motifs is 1. The smallest absolute Gasteiger partial charge is 0.410 e. The normalized spacial score (nSPS) is 14.7. The molecule has 1 N–H and O–H groups in total. The Labute approximate surface area is 169 Å². The van der Waals surface area contributed by atoms with E-state index in [2.05, 4.69) is 4.98 Å². The van der Waals surface area contributed by atoms with Gasteiger partial charge in [0.05, 0.1) is 19.1 Å². The van der Waals surface area contributed by atoms with Gasteiger partial charge in [-0.1, -0.05) is 12.1 Å². The number of aromatic hydroxyl groups is 1. The summed E-state index contributed by atoms with van der Waals surface area (Å²) >= 11 is 0. The largest absolute Gasteiger partial charge is 0.508 e. The van der Waals surface area contributed by atoms with Gasteiger partial charge in [0.1, 0.15) is 22.6 Å². The van der Waals surface area contributed by atoms with Gasteiger partial charge in [0.25, 0.3) is 0 Å². The molecule has 152 valence electrons. The van der Waals surface area contributed by atoms with Crippen LogP contribution in [0.3, 0.4) is 0 Å². The SMILES string of the molecule is CC(C)(C)OC(=O)N1CC(COc2cc(-c3ccc(O)cc3)cn3cncc23)C1. The van der Waals surface area contributed by atoms with Crippen LogP contribution in [0.1, 0.15) is 20.8 Å². The molecule has 1 aliphatic heterocycles. The molecule has 1 saturated heterocycles. The van der Waals surface area contributed by atoms with Gasteiger partial charge in [-0.15, -0.1) is 0 Å². The maximum atomic E-state index is 12.1. The first-order valence-corrected chi connectivity index (χ1v) is 9.64. The van der Waals surface area contributed by atoms with Gasteiger partial charge >= 0.3 is 6.09 Å². The average Bonchev–Trinajstić information content (AvgIpc) is 3.08. The van der Waals surface area contributed by atoms with Gasteiger partial charge in [-0.3, -0.25) is 0 Å². The number of rotatable bonds is 4. The van der Waals surface area contributed by atoms with Gasteiger partial charge in [-0.2, -0.15) is 0 Å². The molecule has 0 unspecified atom stereocenters. The predicted molar refractivity (Wildman–Crippen MR) is 109 cm³/mol. The monoisotopic (exact) mass is 395 g/mol. The molecule has 0 bridgehead atoms. The van der Waals surface area contributed by atoms with Gasteiger partial charge < -0.3 is 23.9 Å². The van der Waals surface area contributed by atoms with E-state index in [4.69, 9.17) is 9.47 Å². The van der Waals surface area contributed by atoms with Crippen LogP contribution in [-0.2, 0) is 4.74 Å². The molecule has 1 amide bonds. The number of aromatic nitrogens is 2. The van der Waals surface area contributed by atoms with Gasteiger partial charge in [0.2, 0.25) is 0 Å². The van der Waals surface area contributed by atoms with E-state index in [1.165, 1.54) is 0 Å². The summed E-state index contributed by atoms with van der Waals surface area (Å²) in [5.41, 5.74) is 2.34. The number of carbonyl (C=O) groups excluding carboxylic acids is 1. The Hall–Kier alpha value is -3.22. The van der Waals surface area contributed by atoms with Crippen molar-refractivity contribution < 1.29 is 19.4 Å². The number of pyridine rings is 1. The molecule has 1 aromatic carbocycles. The Bertz CT molecular complexity index is 1010. The summed E-state index contributed by atoms with van der Waals surface area (Å²) in [4.78, 5) is 18.0. The fraction of sp³-hybridized carbons (Fsp3) is 0.364. The number of ether oxygens (including phenoxy) is 2. The minimum Gasteiger partial charge on any atom is -0.508 e. The second kappa shape index (κ2) is 7.31. The second-order valence-electron chi connectivity index (χ2n) is 8.39. The number of benzene rings is 1. The zero-order valence-corrected chi connectivity index (χ0v) is 16.8. The zero-order chi connectivity index (χ0) is 20.6. The molecular weight excluding hydrogens is 370 g/mol. The number of amides is 1. The van der Waals surface area contributed by atoms with E-state index in [-0.39, 0.29) is 17.8 Å². The highest BCUT2D eigenvalue weighted by atomic mass is 16.6. The highest BCUT2D eigenvalue weighted by Crippen LogP contribution is 2.30. The van der Waals surface area contributed by atoms with E-state index in [1.54, 1.807) is 29.6 Å². The van der Waals surface area contributed by atoms with Crippen LogP contribution in [-0.4, -0.2) is 50.8 Å². The quantitative estimate of drug-likeness (QED) is 0.724. The average molecular weight is 395 g/mol. The molecule has 0 aliphatic carbocycles. The summed E-state index contributed by atoms with van der Waals surface area (Å²) in [7, 11) is 0. The van der Waals surface area contributed by atoms with Crippen LogP contribution in [0.2, 0.25) is 0 Å². The lowest BCUT2D eigenvalue weighted by Crippen LogP contribution is -2.53. The lowest BCUT2D eigenvalue weighted by molar-refractivity contribution is -0.00774. The molecule has 7 heteroatoms. The van der Waals surface area contributed by atoms with E-state index in [1.807, 2.05) is 49.6 Å². The van der Waals surface area contributed by atoms with Crippen LogP contribution in [0, 0.1) is 5.92 Å². The Morgan fingerprint density at radius 2 is 1.93 bits per heavy atom. The van der Waals surface area contributed by atoms with Crippen LogP contribution in [0.25, 0.3) is 16.6 Å². The molecule has 0 spiro atoms. The topological polar surface area (TPSA) is 76.3 Å². The van der Waals surface area contributed by atoms with Crippen LogP contribution >= 0.6 is 0 Å². The van der Waals surface area contributed by atoms with Gasteiger partial charge in [0.15, 0.2) is 0 Å². The summed E-state index contributed by atoms with van der Waals surface area (Å²) in [5, 5.41) is 9.52. The Morgan fingerprint density at radius 1 is 1.21 bits per heavy atom. The maximum absolute atomic E-state index is 12.1. The van der Waals surface area contributed by atoms with E-state index < -0.39 is 5.60 Å². The number of nitrogens with zero attached hydrogens (tertiary/aromatic N) is 3. The highest BCUT2D eigenvalue weighted by molar-refractivity contribution is 5.71. The third kappa shape index (κ3) is 4.29. The summed E-state index contributed by atoms with van der Waals surface area (Å²) in [6, 6.07) is 9.03. The van der Waals surface area contributed by atoms with Crippen molar-refractivity contribution in [3.63, 3.8) is 0 Å². The van der Waals surface area contributed by atoms with Crippen molar-refractivity contribution in [3.8, 4) is 22.6 Å². The van der Waals surface area contributed by atoms with Crippen molar-refractivity contribution in [2.75, 3.05) is 19.7 Å². The van der Waals surface area contributed by atoms with Gasteiger partial charge in [0, 0.05) is 30.8 Å². The molecule has 0 radical (unpaired) electrons. The van der Waals surface area contributed by atoms with E-state index in [0.717, 1.165) is 22.4 Å². The zero-order valence-electron chi connectivity index (χ0n) is 16.8. The molecule has 3 aromatic rings. The molecule has 0 atom stereocenters. The number of likely N-dealkylation sites (tertiary alicyclic amines) is 1. The fourth-order valence-electron chi connectivity index (χ4n) is 3.29. The third-order valence-corrected chi connectivity index (χ3v) is 4.77. The van der Waals surface area contributed by atoms with E-state index in [9.17, 15) is 9.90 Å². The number of imidazole rings is 1. The van der Waals surface area contributed by atoms with Gasteiger partial charge in [-0.05, 0) is 44.5 Å². The van der Waals surface area contributed by atoms with Crippen molar-refractivity contribution in [3.05, 3.63) is 49.1 Å². The lowest BCUT2D eigenvalue weighted by atomic mass is 10.0. The summed E-state index contributed by atoms with van der Waals surface area (Å²) < 4.78 is 13.4. The van der Waals surface area contributed by atoms with Crippen molar-refractivity contribution in [2.24, 2.45) is 5.92 Å². The Balaban J connectivity index is 1.43. The second-order valence-corrected chi connectivity index (χ2v) is 8.39. The number of hydrogen-bond donors (Lipinski definition) is 1. The van der Waals surface area contributed by atoms with Crippen molar-refractivity contribution >= 4 is 11.6 Å². The molecule has 3 heterocycles. The molecule has 29 heavy (non-hydrogen) atoms. The predicted octanol–water partition coefficient (Wildman–Crippen LogP) is 3.95. The maximum Gasteiger partial charge on any atom is 0.410 e. The first kappa shape index (κ1) is 19.1. The summed E-state index contributed by atoms with van der Waals surface area (Å²) in [6.45, 7) is 7.36. The van der Waals surface area contributed by atoms with Crippen molar-refractivity contribution in [1.82, 2.24) is 14.3 Å². The molecule has 1 aliphatic rings. The number of hydrogen-bond acceptors (Lipinski definition) is 5. The minimum atomic E-state index is -0.485. The molecule has 4 rings (SSSR count). The van der Waals surface area contributed by atoms with Crippen molar-refractivity contribution in [2.45, 2.75) is 26.4 Å². The van der Waals surface area contributed by atoms with Gasteiger partial charge in [-0.25, -0.2) is 9.78 Å². The molecular formula is C22H25N3O4.